The van der Waals surface area contributed by atoms with Crippen molar-refractivity contribution in [3.8, 4) is 11.5 Å². The molecular weight excluding hydrogens is 344 g/mol. The summed E-state index contributed by atoms with van der Waals surface area (Å²) in [5, 5.41) is 0.230. The van der Waals surface area contributed by atoms with Gasteiger partial charge in [-0.2, -0.15) is 0 Å². The summed E-state index contributed by atoms with van der Waals surface area (Å²) in [6.07, 6.45) is 0.888. The molecule has 0 saturated heterocycles. The van der Waals surface area contributed by atoms with Crippen molar-refractivity contribution in [2.45, 2.75) is 13.3 Å². The van der Waals surface area contributed by atoms with E-state index in [1.807, 2.05) is 19.1 Å². The SMILES string of the molecule is CCc1ccc(C(=O)NNC(=O)c2cc(Cl)c(OC)c(OC)c2)cc1. The molecule has 0 atom stereocenters. The molecular formula is C18H19ClN2O4. The third kappa shape index (κ3) is 4.42. The summed E-state index contributed by atoms with van der Waals surface area (Å²) >= 11 is 6.07. The molecule has 0 aliphatic carbocycles. The number of rotatable bonds is 5. The maximum absolute atomic E-state index is 12.2. The number of benzene rings is 2. The van der Waals surface area contributed by atoms with E-state index in [1.54, 1.807) is 12.1 Å². The number of nitrogens with one attached hydrogen (secondary N) is 2. The molecule has 2 N–H and O–H groups in total. The van der Waals surface area contributed by atoms with Crippen LogP contribution in [0.4, 0.5) is 0 Å². The van der Waals surface area contributed by atoms with Gasteiger partial charge in [-0.3, -0.25) is 20.4 Å². The lowest BCUT2D eigenvalue weighted by molar-refractivity contribution is 0.0846. The molecule has 132 valence electrons. The number of hydrogen-bond donors (Lipinski definition) is 2. The van der Waals surface area contributed by atoms with E-state index < -0.39 is 11.8 Å². The minimum absolute atomic E-state index is 0.226. The predicted molar refractivity (Wildman–Crippen MR) is 95.3 cm³/mol. The maximum atomic E-state index is 12.2. The first kappa shape index (κ1) is 18.6. The zero-order chi connectivity index (χ0) is 18.4. The molecule has 0 aliphatic rings. The third-order valence-corrected chi connectivity index (χ3v) is 3.89. The van der Waals surface area contributed by atoms with Gasteiger partial charge in [-0.15, -0.1) is 0 Å². The largest absolute Gasteiger partial charge is 0.493 e. The highest BCUT2D eigenvalue weighted by molar-refractivity contribution is 6.32. The average Bonchev–Trinajstić information content (AvgIpc) is 2.65. The van der Waals surface area contributed by atoms with E-state index in [-0.39, 0.29) is 10.6 Å². The van der Waals surface area contributed by atoms with Gasteiger partial charge in [0.25, 0.3) is 11.8 Å². The van der Waals surface area contributed by atoms with Crippen LogP contribution in [0.1, 0.15) is 33.2 Å². The summed E-state index contributed by atoms with van der Waals surface area (Å²) in [4.78, 5) is 24.3. The number of methoxy groups -OCH3 is 2. The topological polar surface area (TPSA) is 76.7 Å². The number of hydrogen-bond acceptors (Lipinski definition) is 4. The van der Waals surface area contributed by atoms with Crippen LogP contribution in [0.15, 0.2) is 36.4 Å². The van der Waals surface area contributed by atoms with Crippen LogP contribution in [0, 0.1) is 0 Å². The smallest absolute Gasteiger partial charge is 0.269 e. The van der Waals surface area contributed by atoms with Gasteiger partial charge < -0.3 is 9.47 Å². The molecule has 0 unspecified atom stereocenters. The fourth-order valence-electron chi connectivity index (χ4n) is 2.20. The van der Waals surface area contributed by atoms with Gasteiger partial charge in [0.1, 0.15) is 0 Å². The van der Waals surface area contributed by atoms with E-state index in [0.29, 0.717) is 17.1 Å². The third-order valence-electron chi connectivity index (χ3n) is 3.61. The number of ether oxygens (including phenoxy) is 2. The Kier molecular flexibility index (Phi) is 6.25. The van der Waals surface area contributed by atoms with Crippen LogP contribution in [0.2, 0.25) is 5.02 Å². The van der Waals surface area contributed by atoms with Gasteiger partial charge in [0.15, 0.2) is 11.5 Å². The number of carbonyl (C=O) groups excluding carboxylic acids is 2. The molecule has 0 saturated carbocycles. The van der Waals surface area contributed by atoms with Gasteiger partial charge in [-0.1, -0.05) is 30.7 Å². The van der Waals surface area contributed by atoms with Crippen LogP contribution in [-0.2, 0) is 6.42 Å². The molecule has 2 amide bonds. The summed E-state index contributed by atoms with van der Waals surface area (Å²) in [6.45, 7) is 2.03. The van der Waals surface area contributed by atoms with Crippen LogP contribution < -0.4 is 20.3 Å². The molecule has 0 spiro atoms. The second-order valence-electron chi connectivity index (χ2n) is 5.15. The van der Waals surface area contributed by atoms with E-state index in [0.717, 1.165) is 12.0 Å². The molecule has 0 heterocycles. The molecule has 2 aromatic rings. The fourth-order valence-corrected chi connectivity index (χ4v) is 2.49. The van der Waals surface area contributed by atoms with Crippen LogP contribution in [0.25, 0.3) is 0 Å². The Bertz CT molecular complexity index is 775. The zero-order valence-corrected chi connectivity index (χ0v) is 14.9. The summed E-state index contributed by atoms with van der Waals surface area (Å²) < 4.78 is 10.3. The second kappa shape index (κ2) is 8.39. The van der Waals surface area contributed by atoms with Gasteiger partial charge in [0, 0.05) is 11.1 Å². The first-order chi connectivity index (χ1) is 12.0. The number of halogens is 1. The Labute approximate surface area is 151 Å². The summed E-state index contributed by atoms with van der Waals surface area (Å²) in [6, 6.07) is 10.0. The van der Waals surface area contributed by atoms with Gasteiger partial charge in [-0.05, 0) is 36.2 Å². The van der Waals surface area contributed by atoms with Crippen molar-refractivity contribution in [2.24, 2.45) is 0 Å². The van der Waals surface area contributed by atoms with Crippen molar-refractivity contribution in [2.75, 3.05) is 14.2 Å². The molecule has 0 aromatic heterocycles. The number of aryl methyl sites for hydroxylation is 1. The number of carbonyl (C=O) groups is 2. The summed E-state index contributed by atoms with van der Waals surface area (Å²) in [7, 11) is 2.89. The Hall–Kier alpha value is -2.73. The zero-order valence-electron chi connectivity index (χ0n) is 14.2. The highest BCUT2D eigenvalue weighted by atomic mass is 35.5. The van der Waals surface area contributed by atoms with Gasteiger partial charge in [0.2, 0.25) is 0 Å². The van der Waals surface area contributed by atoms with Crippen molar-refractivity contribution < 1.29 is 19.1 Å². The fraction of sp³-hybridized carbons (Fsp3) is 0.222. The Morgan fingerprint density at radius 1 is 0.960 bits per heavy atom. The first-order valence-corrected chi connectivity index (χ1v) is 7.99. The normalized spacial score (nSPS) is 10.1. The molecule has 0 bridgehead atoms. The Morgan fingerprint density at radius 2 is 1.56 bits per heavy atom. The highest BCUT2D eigenvalue weighted by Crippen LogP contribution is 2.35. The first-order valence-electron chi connectivity index (χ1n) is 7.61. The molecule has 2 rings (SSSR count). The summed E-state index contributed by atoms with van der Waals surface area (Å²) in [5.74, 6) is -0.286. The predicted octanol–water partition coefficient (Wildman–Crippen LogP) is 2.99. The summed E-state index contributed by atoms with van der Waals surface area (Å²) in [5.41, 5.74) is 6.51. The number of amides is 2. The molecule has 6 nitrogen and oxygen atoms in total. The van der Waals surface area contributed by atoms with Crippen molar-refractivity contribution in [3.05, 3.63) is 58.1 Å². The number of hydrazine groups is 1. The van der Waals surface area contributed by atoms with Gasteiger partial charge in [-0.25, -0.2) is 0 Å². The van der Waals surface area contributed by atoms with Gasteiger partial charge in [0.05, 0.1) is 19.2 Å². The van der Waals surface area contributed by atoms with Crippen LogP contribution >= 0.6 is 11.6 Å². The van der Waals surface area contributed by atoms with E-state index in [9.17, 15) is 9.59 Å². The lowest BCUT2D eigenvalue weighted by Crippen LogP contribution is -2.41. The standard InChI is InChI=1S/C18H19ClN2O4/c1-4-11-5-7-12(8-6-11)17(22)20-21-18(23)13-9-14(19)16(25-3)15(10-13)24-2/h5-10H,4H2,1-3H3,(H,20,22)(H,21,23). The van der Waals surface area contributed by atoms with E-state index in [2.05, 4.69) is 10.9 Å². The van der Waals surface area contributed by atoms with Crippen LogP contribution in [0.5, 0.6) is 11.5 Å². The lowest BCUT2D eigenvalue weighted by Gasteiger charge is -2.12. The second-order valence-corrected chi connectivity index (χ2v) is 5.56. The van der Waals surface area contributed by atoms with E-state index in [4.69, 9.17) is 21.1 Å². The quantitative estimate of drug-likeness (QED) is 0.802. The van der Waals surface area contributed by atoms with Crippen molar-refractivity contribution in [1.82, 2.24) is 10.9 Å². The van der Waals surface area contributed by atoms with Crippen LogP contribution in [-0.4, -0.2) is 26.0 Å². The molecule has 0 radical (unpaired) electrons. The maximum Gasteiger partial charge on any atom is 0.269 e. The van der Waals surface area contributed by atoms with Crippen molar-refractivity contribution >= 4 is 23.4 Å². The Morgan fingerprint density at radius 3 is 2.08 bits per heavy atom. The molecule has 0 fully saturated rings. The highest BCUT2D eigenvalue weighted by Gasteiger charge is 2.16. The van der Waals surface area contributed by atoms with Crippen molar-refractivity contribution in [3.63, 3.8) is 0 Å². The lowest BCUT2D eigenvalue weighted by atomic mass is 10.1. The van der Waals surface area contributed by atoms with Crippen LogP contribution in [0.3, 0.4) is 0 Å². The van der Waals surface area contributed by atoms with Crippen molar-refractivity contribution in [1.29, 1.82) is 0 Å². The minimum atomic E-state index is -0.526. The molecule has 0 aliphatic heterocycles. The average molecular weight is 363 g/mol. The van der Waals surface area contributed by atoms with E-state index >= 15 is 0 Å². The molecule has 2 aromatic carbocycles. The minimum Gasteiger partial charge on any atom is -0.493 e. The molecule has 7 heteroatoms. The van der Waals surface area contributed by atoms with Gasteiger partial charge >= 0.3 is 0 Å². The van der Waals surface area contributed by atoms with E-state index in [1.165, 1.54) is 26.4 Å². The monoisotopic (exact) mass is 362 g/mol. The molecule has 25 heavy (non-hydrogen) atoms. The Balaban J connectivity index is 2.06.